The quantitative estimate of drug-likeness (QED) is 0.580. The van der Waals surface area contributed by atoms with Gasteiger partial charge >= 0.3 is 0 Å². The Morgan fingerprint density at radius 3 is 2.89 bits per heavy atom. The molecule has 1 atom stereocenters. The number of aliphatic hydroxyl groups excluding tert-OH is 1. The summed E-state index contributed by atoms with van der Waals surface area (Å²) in [6.07, 6.45) is 0.939. The molecule has 108 valence electrons. The molecule has 1 fully saturated rings. The molecule has 6 nitrogen and oxygen atoms in total. The molecule has 0 aliphatic carbocycles. The van der Waals surface area contributed by atoms with Crippen molar-refractivity contribution in [3.05, 3.63) is 0 Å². The van der Waals surface area contributed by atoms with Gasteiger partial charge in [-0.05, 0) is 19.4 Å². The molecular formula is C11H24N2O4S. The van der Waals surface area contributed by atoms with Crippen molar-refractivity contribution in [2.75, 3.05) is 45.1 Å². The number of hydrogen-bond acceptors (Lipinski definition) is 5. The Bertz CT molecular complexity index is 321. The van der Waals surface area contributed by atoms with Gasteiger partial charge in [-0.3, -0.25) is 4.90 Å². The van der Waals surface area contributed by atoms with Crippen molar-refractivity contribution in [1.82, 2.24) is 9.62 Å². The summed E-state index contributed by atoms with van der Waals surface area (Å²) >= 11 is 0. The Hall–Kier alpha value is -0.210. The Morgan fingerprint density at radius 2 is 2.22 bits per heavy atom. The number of ether oxygens (including phenoxy) is 1. The second kappa shape index (κ2) is 8.06. The van der Waals surface area contributed by atoms with Crippen molar-refractivity contribution in [3.63, 3.8) is 0 Å². The van der Waals surface area contributed by atoms with Crippen LogP contribution >= 0.6 is 0 Å². The highest BCUT2D eigenvalue weighted by molar-refractivity contribution is 7.89. The number of sulfonamides is 1. The van der Waals surface area contributed by atoms with Crippen LogP contribution in [0.1, 0.15) is 19.8 Å². The third-order valence-corrected chi connectivity index (χ3v) is 4.45. The summed E-state index contributed by atoms with van der Waals surface area (Å²) in [7, 11) is -3.24. The molecule has 1 unspecified atom stereocenters. The maximum atomic E-state index is 11.6. The first-order chi connectivity index (χ1) is 8.57. The van der Waals surface area contributed by atoms with E-state index in [4.69, 9.17) is 9.84 Å². The first-order valence-corrected chi connectivity index (χ1v) is 8.14. The first-order valence-electron chi connectivity index (χ1n) is 6.49. The average molecular weight is 280 g/mol. The third kappa shape index (κ3) is 6.10. The van der Waals surface area contributed by atoms with Crippen LogP contribution in [0.3, 0.4) is 0 Å². The zero-order valence-electron chi connectivity index (χ0n) is 11.0. The van der Waals surface area contributed by atoms with E-state index >= 15 is 0 Å². The summed E-state index contributed by atoms with van der Waals surface area (Å²) < 4.78 is 31.4. The van der Waals surface area contributed by atoms with Crippen LogP contribution in [-0.4, -0.2) is 69.7 Å². The highest BCUT2D eigenvalue weighted by atomic mass is 32.2. The van der Waals surface area contributed by atoms with E-state index in [0.717, 1.165) is 19.6 Å². The van der Waals surface area contributed by atoms with Crippen LogP contribution in [0, 0.1) is 0 Å². The van der Waals surface area contributed by atoms with Gasteiger partial charge < -0.3 is 9.84 Å². The van der Waals surface area contributed by atoms with Crippen LogP contribution in [-0.2, 0) is 14.8 Å². The molecule has 0 bridgehead atoms. The summed E-state index contributed by atoms with van der Waals surface area (Å²) in [5.41, 5.74) is 0. The molecular weight excluding hydrogens is 256 g/mol. The van der Waals surface area contributed by atoms with Crippen molar-refractivity contribution in [1.29, 1.82) is 0 Å². The summed E-state index contributed by atoms with van der Waals surface area (Å²) in [6.45, 7) is 5.76. The molecule has 0 radical (unpaired) electrons. The fourth-order valence-electron chi connectivity index (χ4n) is 1.89. The zero-order valence-corrected chi connectivity index (χ0v) is 11.8. The molecule has 1 aliphatic rings. The van der Waals surface area contributed by atoms with Crippen molar-refractivity contribution < 1.29 is 18.3 Å². The zero-order chi connectivity index (χ0) is 13.4. The number of unbranched alkanes of at least 4 members (excludes halogenated alkanes) is 1. The number of nitrogens with one attached hydrogen (secondary N) is 1. The summed E-state index contributed by atoms with van der Waals surface area (Å²) in [6, 6.07) is 0. The maximum Gasteiger partial charge on any atom is 0.211 e. The van der Waals surface area contributed by atoms with Gasteiger partial charge in [0, 0.05) is 26.2 Å². The molecule has 1 rings (SSSR count). The van der Waals surface area contributed by atoms with Crippen LogP contribution in [0.15, 0.2) is 0 Å². The monoisotopic (exact) mass is 280 g/mol. The number of nitrogens with zero attached hydrogens (tertiary/aromatic N) is 1. The van der Waals surface area contributed by atoms with Gasteiger partial charge in [-0.2, -0.15) is 0 Å². The lowest BCUT2D eigenvalue weighted by molar-refractivity contribution is -0.0229. The molecule has 0 saturated carbocycles. The maximum absolute atomic E-state index is 11.6. The lowest BCUT2D eigenvalue weighted by atomic mass is 10.3. The first kappa shape index (κ1) is 15.8. The number of rotatable bonds is 8. The average Bonchev–Trinajstić information content (AvgIpc) is 2.37. The van der Waals surface area contributed by atoms with Crippen LogP contribution < -0.4 is 4.72 Å². The lowest BCUT2D eigenvalue weighted by Crippen LogP contribution is -2.47. The minimum absolute atomic E-state index is 0.0344. The topological polar surface area (TPSA) is 78.9 Å². The van der Waals surface area contributed by atoms with Crippen LogP contribution in [0.4, 0.5) is 0 Å². The van der Waals surface area contributed by atoms with E-state index < -0.39 is 10.0 Å². The largest absolute Gasteiger partial charge is 0.396 e. The Labute approximate surface area is 109 Å². The number of hydrogen-bond donors (Lipinski definition) is 2. The standard InChI is InChI=1S/C11H24N2O4S/c1-2-13-5-7-17-11(10-13)9-12-18(15,16)8-4-3-6-14/h11-12,14H,2-10H2,1H3. The summed E-state index contributed by atoms with van der Waals surface area (Å²) in [5, 5.41) is 8.61. The second-order valence-corrected chi connectivity index (χ2v) is 6.41. The van der Waals surface area contributed by atoms with Gasteiger partial charge in [-0.1, -0.05) is 6.92 Å². The highest BCUT2D eigenvalue weighted by Crippen LogP contribution is 2.04. The molecule has 2 N–H and O–H groups in total. The predicted molar refractivity (Wildman–Crippen MR) is 70.0 cm³/mol. The second-order valence-electron chi connectivity index (χ2n) is 4.48. The van der Waals surface area contributed by atoms with Gasteiger partial charge in [-0.25, -0.2) is 13.1 Å². The molecule has 1 saturated heterocycles. The Kier molecular flexibility index (Phi) is 7.10. The lowest BCUT2D eigenvalue weighted by Gasteiger charge is -2.32. The SMILES string of the molecule is CCN1CCOC(CNS(=O)(=O)CCCCO)C1. The molecule has 18 heavy (non-hydrogen) atoms. The van der Waals surface area contributed by atoms with E-state index in [0.29, 0.717) is 26.0 Å². The molecule has 0 aromatic rings. The Morgan fingerprint density at radius 1 is 1.44 bits per heavy atom. The van der Waals surface area contributed by atoms with E-state index in [1.165, 1.54) is 0 Å². The molecule has 0 spiro atoms. The van der Waals surface area contributed by atoms with Crippen molar-refractivity contribution in [2.24, 2.45) is 0 Å². The number of morpholine rings is 1. The third-order valence-electron chi connectivity index (χ3n) is 3.02. The van der Waals surface area contributed by atoms with E-state index in [1.807, 2.05) is 0 Å². The molecule has 0 aromatic heterocycles. The van der Waals surface area contributed by atoms with Gasteiger partial charge in [-0.15, -0.1) is 0 Å². The van der Waals surface area contributed by atoms with Crippen LogP contribution in [0.2, 0.25) is 0 Å². The fourth-order valence-corrected chi connectivity index (χ4v) is 3.06. The molecule has 0 amide bonds. The van der Waals surface area contributed by atoms with Gasteiger partial charge in [0.25, 0.3) is 0 Å². The predicted octanol–water partition coefficient (Wildman–Crippen LogP) is -0.601. The van der Waals surface area contributed by atoms with Gasteiger partial charge in [0.15, 0.2) is 0 Å². The Balaban J connectivity index is 2.26. The van der Waals surface area contributed by atoms with E-state index in [-0.39, 0.29) is 18.5 Å². The van der Waals surface area contributed by atoms with E-state index in [1.54, 1.807) is 0 Å². The summed E-state index contributed by atoms with van der Waals surface area (Å²) in [5.74, 6) is 0.0672. The summed E-state index contributed by atoms with van der Waals surface area (Å²) in [4.78, 5) is 2.24. The minimum Gasteiger partial charge on any atom is -0.396 e. The van der Waals surface area contributed by atoms with Gasteiger partial charge in [0.1, 0.15) is 0 Å². The number of aliphatic hydroxyl groups is 1. The van der Waals surface area contributed by atoms with Crippen LogP contribution in [0.5, 0.6) is 0 Å². The minimum atomic E-state index is -3.24. The molecule has 1 heterocycles. The highest BCUT2D eigenvalue weighted by Gasteiger charge is 2.21. The fraction of sp³-hybridized carbons (Fsp3) is 1.00. The molecule has 0 aromatic carbocycles. The molecule has 7 heteroatoms. The van der Waals surface area contributed by atoms with Crippen molar-refractivity contribution in [2.45, 2.75) is 25.9 Å². The van der Waals surface area contributed by atoms with E-state index in [9.17, 15) is 8.42 Å². The smallest absolute Gasteiger partial charge is 0.211 e. The van der Waals surface area contributed by atoms with Gasteiger partial charge in [0.05, 0.1) is 18.5 Å². The number of likely N-dealkylation sites (N-methyl/N-ethyl adjacent to an activating group) is 1. The molecule has 1 aliphatic heterocycles. The normalized spacial score (nSPS) is 22.2. The van der Waals surface area contributed by atoms with Crippen molar-refractivity contribution >= 4 is 10.0 Å². The van der Waals surface area contributed by atoms with Crippen molar-refractivity contribution in [3.8, 4) is 0 Å². The van der Waals surface area contributed by atoms with Crippen LogP contribution in [0.25, 0.3) is 0 Å². The van der Waals surface area contributed by atoms with E-state index in [2.05, 4.69) is 16.5 Å². The van der Waals surface area contributed by atoms with Gasteiger partial charge in [0.2, 0.25) is 10.0 Å².